The molecular formula is C13H26N2O2. The lowest BCUT2D eigenvalue weighted by Crippen LogP contribution is -2.47. The van der Waals surface area contributed by atoms with E-state index in [-0.39, 0.29) is 24.1 Å². The van der Waals surface area contributed by atoms with Gasteiger partial charge in [-0.25, -0.2) is 0 Å². The highest BCUT2D eigenvalue weighted by Crippen LogP contribution is 2.22. The second-order valence-corrected chi connectivity index (χ2v) is 5.50. The first-order valence-electron chi connectivity index (χ1n) is 6.53. The molecule has 1 fully saturated rings. The molecule has 1 saturated heterocycles. The summed E-state index contributed by atoms with van der Waals surface area (Å²) in [6, 6.07) is 0.159. The van der Waals surface area contributed by atoms with Crippen molar-refractivity contribution >= 4 is 5.91 Å². The van der Waals surface area contributed by atoms with Gasteiger partial charge >= 0.3 is 0 Å². The molecule has 0 aromatic heterocycles. The normalized spacial score (nSPS) is 25.0. The lowest BCUT2D eigenvalue weighted by Gasteiger charge is -2.30. The van der Waals surface area contributed by atoms with Crippen LogP contribution >= 0.6 is 0 Å². The van der Waals surface area contributed by atoms with Crippen LogP contribution in [0.2, 0.25) is 0 Å². The molecule has 0 aliphatic carbocycles. The molecule has 1 aliphatic heterocycles. The number of nitrogens with zero attached hydrogens (tertiary/aromatic N) is 2. The lowest BCUT2D eigenvalue weighted by atomic mass is 10.0. The van der Waals surface area contributed by atoms with Gasteiger partial charge in [0.05, 0.1) is 12.1 Å². The van der Waals surface area contributed by atoms with Gasteiger partial charge in [-0.2, -0.15) is 0 Å². The molecule has 0 spiro atoms. The molecule has 3 unspecified atom stereocenters. The summed E-state index contributed by atoms with van der Waals surface area (Å²) in [6.07, 6.45) is 0.714. The Morgan fingerprint density at radius 3 is 2.35 bits per heavy atom. The van der Waals surface area contributed by atoms with Crippen LogP contribution in [0.3, 0.4) is 0 Å². The Balaban J connectivity index is 2.54. The van der Waals surface area contributed by atoms with Crippen LogP contribution in [0.1, 0.15) is 34.1 Å². The Hall–Kier alpha value is -0.610. The number of aliphatic hydroxyl groups is 1. The van der Waals surface area contributed by atoms with Crippen molar-refractivity contribution in [2.24, 2.45) is 5.92 Å². The average Bonchev–Trinajstić information content (AvgIpc) is 2.75. The smallest absolute Gasteiger partial charge is 0.239 e. The highest BCUT2D eigenvalue weighted by atomic mass is 16.3. The summed E-state index contributed by atoms with van der Waals surface area (Å²) < 4.78 is 0. The molecule has 4 nitrogen and oxygen atoms in total. The van der Waals surface area contributed by atoms with E-state index in [4.69, 9.17) is 0 Å². The van der Waals surface area contributed by atoms with Crippen molar-refractivity contribution in [1.29, 1.82) is 0 Å². The Labute approximate surface area is 105 Å². The topological polar surface area (TPSA) is 43.8 Å². The molecule has 100 valence electrons. The highest BCUT2D eigenvalue weighted by molar-refractivity contribution is 5.81. The Kier molecular flexibility index (Phi) is 4.95. The van der Waals surface area contributed by atoms with E-state index in [1.807, 2.05) is 34.7 Å². The average molecular weight is 242 g/mol. The van der Waals surface area contributed by atoms with Gasteiger partial charge in [0.1, 0.15) is 0 Å². The number of hydrogen-bond acceptors (Lipinski definition) is 3. The van der Waals surface area contributed by atoms with E-state index in [1.165, 1.54) is 0 Å². The van der Waals surface area contributed by atoms with Gasteiger partial charge in [-0.3, -0.25) is 9.69 Å². The maximum absolute atomic E-state index is 12.2. The molecule has 0 aromatic carbocycles. The number of likely N-dealkylation sites (N-methyl/N-ethyl adjacent to an activating group) is 1. The van der Waals surface area contributed by atoms with Crippen LogP contribution in [-0.2, 0) is 4.79 Å². The van der Waals surface area contributed by atoms with Crippen LogP contribution in [0, 0.1) is 5.92 Å². The lowest BCUT2D eigenvalue weighted by molar-refractivity contribution is -0.136. The maximum atomic E-state index is 12.2. The molecule has 0 radical (unpaired) electrons. The molecule has 1 aliphatic rings. The van der Waals surface area contributed by atoms with Gasteiger partial charge in [0.15, 0.2) is 0 Å². The summed E-state index contributed by atoms with van der Waals surface area (Å²) >= 11 is 0. The Bertz CT molecular complexity index is 266. The number of carbonyl (C=O) groups excluding carboxylic acids is 1. The first kappa shape index (κ1) is 14.5. The van der Waals surface area contributed by atoms with Gasteiger partial charge in [0.25, 0.3) is 0 Å². The third kappa shape index (κ3) is 3.42. The van der Waals surface area contributed by atoms with Gasteiger partial charge in [-0.1, -0.05) is 0 Å². The minimum absolute atomic E-state index is 0.0776. The number of rotatable bonds is 4. The van der Waals surface area contributed by atoms with Crippen molar-refractivity contribution in [3.63, 3.8) is 0 Å². The standard InChI is InChI=1S/C13H26N2O2/c1-9(2)14(5)13(17)10(3)15-7-6-12(8-15)11(4)16/h9-12,16H,6-8H2,1-5H3. The summed E-state index contributed by atoms with van der Waals surface area (Å²) in [5.41, 5.74) is 0. The molecule has 3 atom stereocenters. The number of carbonyl (C=O) groups is 1. The molecule has 1 N–H and O–H groups in total. The first-order chi connectivity index (χ1) is 7.84. The minimum atomic E-state index is -0.273. The Morgan fingerprint density at radius 1 is 1.35 bits per heavy atom. The predicted molar refractivity (Wildman–Crippen MR) is 68.7 cm³/mol. The molecular weight excluding hydrogens is 216 g/mol. The van der Waals surface area contributed by atoms with E-state index in [0.29, 0.717) is 5.92 Å². The van der Waals surface area contributed by atoms with Crippen molar-refractivity contribution in [1.82, 2.24) is 9.80 Å². The molecule has 0 aromatic rings. The van der Waals surface area contributed by atoms with Crippen LogP contribution in [-0.4, -0.2) is 59.1 Å². The summed E-state index contributed by atoms with van der Waals surface area (Å²) in [7, 11) is 1.85. The number of hydrogen-bond donors (Lipinski definition) is 1. The van der Waals surface area contributed by atoms with E-state index in [9.17, 15) is 9.90 Å². The van der Waals surface area contributed by atoms with Crippen LogP contribution in [0.4, 0.5) is 0 Å². The third-order valence-electron chi connectivity index (χ3n) is 3.97. The fourth-order valence-corrected chi connectivity index (χ4v) is 2.27. The molecule has 17 heavy (non-hydrogen) atoms. The molecule has 0 saturated carbocycles. The minimum Gasteiger partial charge on any atom is -0.393 e. The summed E-state index contributed by atoms with van der Waals surface area (Å²) in [6.45, 7) is 9.58. The number of likely N-dealkylation sites (tertiary alicyclic amines) is 1. The van der Waals surface area contributed by atoms with Gasteiger partial charge in [0, 0.05) is 19.6 Å². The van der Waals surface area contributed by atoms with E-state index >= 15 is 0 Å². The van der Waals surface area contributed by atoms with Crippen molar-refractivity contribution < 1.29 is 9.90 Å². The van der Waals surface area contributed by atoms with E-state index < -0.39 is 0 Å². The molecule has 1 amide bonds. The van der Waals surface area contributed by atoms with Crippen molar-refractivity contribution in [2.45, 2.75) is 52.3 Å². The van der Waals surface area contributed by atoms with E-state index in [1.54, 1.807) is 4.90 Å². The second kappa shape index (κ2) is 5.83. The summed E-state index contributed by atoms with van der Waals surface area (Å²) in [5, 5.41) is 9.57. The van der Waals surface area contributed by atoms with Gasteiger partial charge in [-0.05, 0) is 46.6 Å². The monoisotopic (exact) mass is 242 g/mol. The van der Waals surface area contributed by atoms with E-state index in [0.717, 1.165) is 19.5 Å². The molecule has 4 heteroatoms. The van der Waals surface area contributed by atoms with Gasteiger partial charge in [0.2, 0.25) is 5.91 Å². The van der Waals surface area contributed by atoms with Crippen LogP contribution in [0.15, 0.2) is 0 Å². The van der Waals surface area contributed by atoms with E-state index in [2.05, 4.69) is 4.90 Å². The number of amides is 1. The summed E-state index contributed by atoms with van der Waals surface area (Å²) in [4.78, 5) is 16.1. The largest absolute Gasteiger partial charge is 0.393 e. The predicted octanol–water partition coefficient (Wildman–Crippen LogP) is 0.944. The SMILES string of the molecule is CC(O)C1CCN(C(C)C(=O)N(C)C(C)C)C1. The summed E-state index contributed by atoms with van der Waals surface area (Å²) in [5.74, 6) is 0.487. The van der Waals surface area contributed by atoms with Crippen molar-refractivity contribution in [3.05, 3.63) is 0 Å². The quantitative estimate of drug-likeness (QED) is 0.798. The van der Waals surface area contributed by atoms with Crippen molar-refractivity contribution in [2.75, 3.05) is 20.1 Å². The zero-order valence-electron chi connectivity index (χ0n) is 11.7. The zero-order chi connectivity index (χ0) is 13.2. The maximum Gasteiger partial charge on any atom is 0.239 e. The van der Waals surface area contributed by atoms with Gasteiger partial charge < -0.3 is 10.0 Å². The first-order valence-corrected chi connectivity index (χ1v) is 6.53. The fraction of sp³-hybridized carbons (Fsp3) is 0.923. The molecule has 1 rings (SSSR count). The zero-order valence-corrected chi connectivity index (χ0v) is 11.7. The molecule has 1 heterocycles. The second-order valence-electron chi connectivity index (χ2n) is 5.50. The van der Waals surface area contributed by atoms with Gasteiger partial charge in [-0.15, -0.1) is 0 Å². The molecule has 0 bridgehead atoms. The van der Waals surface area contributed by atoms with Crippen LogP contribution < -0.4 is 0 Å². The third-order valence-corrected chi connectivity index (χ3v) is 3.97. The number of aliphatic hydroxyl groups excluding tert-OH is 1. The van der Waals surface area contributed by atoms with Crippen LogP contribution in [0.25, 0.3) is 0 Å². The van der Waals surface area contributed by atoms with Crippen LogP contribution in [0.5, 0.6) is 0 Å². The fourth-order valence-electron chi connectivity index (χ4n) is 2.27. The Morgan fingerprint density at radius 2 is 1.94 bits per heavy atom. The van der Waals surface area contributed by atoms with Crippen molar-refractivity contribution in [3.8, 4) is 0 Å². The highest BCUT2D eigenvalue weighted by Gasteiger charge is 2.33.